The van der Waals surface area contributed by atoms with Crippen LogP contribution in [0.4, 0.5) is 0 Å². The van der Waals surface area contributed by atoms with E-state index in [0.29, 0.717) is 23.1 Å². The van der Waals surface area contributed by atoms with Crippen molar-refractivity contribution in [1.82, 2.24) is 14.3 Å². The van der Waals surface area contributed by atoms with Crippen molar-refractivity contribution in [2.75, 3.05) is 13.6 Å². The molecule has 1 fully saturated rings. The molecule has 0 aromatic carbocycles. The van der Waals surface area contributed by atoms with Gasteiger partial charge in [-0.15, -0.1) is 0 Å². The van der Waals surface area contributed by atoms with Crippen molar-refractivity contribution in [1.29, 1.82) is 0 Å². The van der Waals surface area contributed by atoms with Crippen LogP contribution in [0, 0.1) is 5.92 Å². The Hall–Kier alpha value is -1.43. The van der Waals surface area contributed by atoms with Gasteiger partial charge >= 0.3 is 0 Å². The first-order valence-electron chi connectivity index (χ1n) is 7.06. The fourth-order valence-electron chi connectivity index (χ4n) is 2.84. The Labute approximate surface area is 127 Å². The van der Waals surface area contributed by atoms with Gasteiger partial charge in [0.25, 0.3) is 5.56 Å². The molecule has 2 aromatic heterocycles. The smallest absolute Gasteiger partial charge is 0.258 e. The van der Waals surface area contributed by atoms with Crippen LogP contribution in [0.3, 0.4) is 0 Å². The Bertz CT molecular complexity index is 710. The highest BCUT2D eigenvalue weighted by atomic mass is 35.5. The van der Waals surface area contributed by atoms with Crippen LogP contribution < -0.4 is 5.56 Å². The third-order valence-corrected chi connectivity index (χ3v) is 4.11. The van der Waals surface area contributed by atoms with Crippen molar-refractivity contribution in [3.05, 3.63) is 45.5 Å². The molecule has 0 saturated heterocycles. The largest absolute Gasteiger partial charge is 0.393 e. The van der Waals surface area contributed by atoms with Crippen molar-refractivity contribution >= 4 is 17.2 Å². The second-order valence-electron chi connectivity index (χ2n) is 5.85. The third-order valence-electron chi connectivity index (χ3n) is 3.89. The maximum absolute atomic E-state index is 12.1. The summed E-state index contributed by atoms with van der Waals surface area (Å²) in [5.41, 5.74) is 1.24. The topological polar surface area (TPSA) is 57.8 Å². The van der Waals surface area contributed by atoms with Gasteiger partial charge < -0.3 is 10.0 Å². The van der Waals surface area contributed by atoms with Crippen LogP contribution in [0.5, 0.6) is 0 Å². The summed E-state index contributed by atoms with van der Waals surface area (Å²) < 4.78 is 1.45. The van der Waals surface area contributed by atoms with Crippen LogP contribution in [0.25, 0.3) is 5.65 Å². The van der Waals surface area contributed by atoms with Crippen molar-refractivity contribution in [3.63, 3.8) is 0 Å². The number of pyridine rings is 1. The van der Waals surface area contributed by atoms with Gasteiger partial charge in [-0.1, -0.05) is 11.6 Å². The predicted octanol–water partition coefficient (Wildman–Crippen LogP) is 1.55. The van der Waals surface area contributed by atoms with E-state index in [9.17, 15) is 9.90 Å². The van der Waals surface area contributed by atoms with Gasteiger partial charge in [0.1, 0.15) is 5.65 Å². The fraction of sp³-hybridized carbons (Fsp3) is 0.467. The number of hydrogen-bond donors (Lipinski definition) is 1. The first-order valence-corrected chi connectivity index (χ1v) is 7.43. The summed E-state index contributed by atoms with van der Waals surface area (Å²) in [7, 11) is 2.01. The molecular weight excluding hydrogens is 290 g/mol. The number of aliphatic hydroxyl groups excluding tert-OH is 1. The second kappa shape index (κ2) is 5.75. The number of hydrogen-bond acceptors (Lipinski definition) is 4. The molecule has 21 heavy (non-hydrogen) atoms. The molecule has 0 aliphatic heterocycles. The summed E-state index contributed by atoms with van der Waals surface area (Å²) in [6, 6.07) is 5.03. The van der Waals surface area contributed by atoms with E-state index in [0.717, 1.165) is 25.1 Å². The summed E-state index contributed by atoms with van der Waals surface area (Å²) in [5.74, 6) is 0.547. The minimum atomic E-state index is -0.128. The van der Waals surface area contributed by atoms with Gasteiger partial charge in [0.05, 0.1) is 16.8 Å². The number of rotatable bonds is 4. The predicted molar refractivity (Wildman–Crippen MR) is 81.5 cm³/mol. The van der Waals surface area contributed by atoms with Gasteiger partial charge in [-0.25, -0.2) is 4.98 Å². The van der Waals surface area contributed by atoms with Gasteiger partial charge in [0.15, 0.2) is 0 Å². The summed E-state index contributed by atoms with van der Waals surface area (Å²) >= 11 is 5.89. The van der Waals surface area contributed by atoms with Crippen molar-refractivity contribution < 1.29 is 5.11 Å². The minimum absolute atomic E-state index is 0.120. The summed E-state index contributed by atoms with van der Waals surface area (Å²) in [5, 5.41) is 9.83. The highest BCUT2D eigenvalue weighted by molar-refractivity contribution is 6.30. The summed E-state index contributed by atoms with van der Waals surface area (Å²) in [6.45, 7) is 1.54. The molecule has 112 valence electrons. The molecule has 0 unspecified atom stereocenters. The quantitative estimate of drug-likeness (QED) is 0.931. The van der Waals surface area contributed by atoms with Crippen LogP contribution in [0.2, 0.25) is 5.02 Å². The van der Waals surface area contributed by atoms with Crippen molar-refractivity contribution in [2.24, 2.45) is 5.92 Å². The zero-order chi connectivity index (χ0) is 15.0. The molecule has 1 aliphatic rings. The lowest BCUT2D eigenvalue weighted by molar-refractivity contribution is 0.0272. The van der Waals surface area contributed by atoms with E-state index >= 15 is 0 Å². The van der Waals surface area contributed by atoms with Crippen LogP contribution >= 0.6 is 11.6 Å². The molecule has 3 rings (SSSR count). The molecular formula is C15H18ClN3O2. The van der Waals surface area contributed by atoms with Crippen molar-refractivity contribution in [2.45, 2.75) is 25.5 Å². The number of nitrogens with zero attached hydrogens (tertiary/aromatic N) is 3. The second-order valence-corrected chi connectivity index (χ2v) is 6.29. The van der Waals surface area contributed by atoms with Crippen LogP contribution in [0.1, 0.15) is 18.5 Å². The first-order chi connectivity index (χ1) is 10.0. The number of aliphatic hydroxyl groups is 1. The fourth-order valence-corrected chi connectivity index (χ4v) is 3.00. The Morgan fingerprint density at radius 3 is 2.95 bits per heavy atom. The van der Waals surface area contributed by atoms with Gasteiger partial charge in [0, 0.05) is 25.4 Å². The molecule has 0 atom stereocenters. The lowest BCUT2D eigenvalue weighted by atomic mass is 9.82. The number of fused-ring (bicyclic) bond motifs is 1. The Kier molecular flexibility index (Phi) is 3.97. The van der Waals surface area contributed by atoms with Gasteiger partial charge in [-0.3, -0.25) is 9.20 Å². The minimum Gasteiger partial charge on any atom is -0.393 e. The van der Waals surface area contributed by atoms with E-state index < -0.39 is 0 Å². The highest BCUT2D eigenvalue weighted by Crippen LogP contribution is 2.27. The average Bonchev–Trinajstić information content (AvgIpc) is 2.38. The van der Waals surface area contributed by atoms with Gasteiger partial charge in [-0.05, 0) is 37.9 Å². The lowest BCUT2D eigenvalue weighted by Gasteiger charge is -2.34. The number of halogens is 1. The molecule has 2 heterocycles. The monoisotopic (exact) mass is 307 g/mol. The standard InChI is InChI=1S/C15H18ClN3O2/c1-18(7-10-4-13(20)5-10)9-12-6-15(21)19-8-11(16)2-3-14(19)17-12/h2-3,6,8,10,13,20H,4-5,7,9H2,1H3. The molecule has 6 heteroatoms. The Morgan fingerprint density at radius 2 is 2.24 bits per heavy atom. The van der Waals surface area contributed by atoms with E-state index in [1.807, 2.05) is 7.05 Å². The van der Waals surface area contributed by atoms with Crippen LogP contribution in [-0.4, -0.2) is 39.1 Å². The molecule has 0 radical (unpaired) electrons. The average molecular weight is 308 g/mol. The van der Waals surface area contributed by atoms with E-state index in [4.69, 9.17) is 11.6 Å². The summed E-state index contributed by atoms with van der Waals surface area (Å²) in [4.78, 5) is 18.7. The zero-order valence-corrected chi connectivity index (χ0v) is 12.6. The normalized spacial score (nSPS) is 21.7. The van der Waals surface area contributed by atoms with Gasteiger partial charge in [-0.2, -0.15) is 0 Å². The molecule has 1 N–H and O–H groups in total. The Morgan fingerprint density at radius 1 is 1.48 bits per heavy atom. The number of aromatic nitrogens is 2. The maximum Gasteiger partial charge on any atom is 0.258 e. The SMILES string of the molecule is CN(Cc1cc(=O)n2cc(Cl)ccc2n1)CC1CC(O)C1. The molecule has 1 aliphatic carbocycles. The molecule has 0 amide bonds. The van der Waals surface area contributed by atoms with E-state index in [1.54, 1.807) is 24.4 Å². The Balaban J connectivity index is 1.75. The van der Waals surface area contributed by atoms with Crippen LogP contribution in [0.15, 0.2) is 29.2 Å². The van der Waals surface area contributed by atoms with E-state index in [1.165, 1.54) is 4.40 Å². The highest BCUT2D eigenvalue weighted by Gasteiger charge is 2.27. The van der Waals surface area contributed by atoms with Crippen molar-refractivity contribution in [3.8, 4) is 0 Å². The third kappa shape index (κ3) is 3.26. The molecule has 1 saturated carbocycles. The van der Waals surface area contributed by atoms with Crippen LogP contribution in [-0.2, 0) is 6.54 Å². The maximum atomic E-state index is 12.1. The zero-order valence-electron chi connectivity index (χ0n) is 11.9. The molecule has 0 bridgehead atoms. The van der Waals surface area contributed by atoms with Gasteiger partial charge in [0.2, 0.25) is 0 Å². The van der Waals surface area contributed by atoms with E-state index in [2.05, 4.69) is 9.88 Å². The summed E-state index contributed by atoms with van der Waals surface area (Å²) in [6.07, 6.45) is 3.19. The lowest BCUT2D eigenvalue weighted by Crippen LogP contribution is -2.37. The first kappa shape index (κ1) is 14.5. The molecule has 5 nitrogen and oxygen atoms in total. The molecule has 0 spiro atoms. The molecule has 2 aromatic rings. The van der Waals surface area contributed by atoms with E-state index in [-0.39, 0.29) is 11.7 Å².